The lowest BCUT2D eigenvalue weighted by Crippen LogP contribution is -2.42. The van der Waals surface area contributed by atoms with E-state index in [0.29, 0.717) is 16.6 Å². The standard InChI is InChI=1S/C16H22ClNO2/c1-12(16(20)13-5-2-6-14(17)11-13)18-9-3-7-15(18)8-4-10-19/h2,5-6,11-12,15,19H,3-4,7-10H2,1H3. The largest absolute Gasteiger partial charge is 0.396 e. The first-order chi connectivity index (χ1) is 9.63. The summed E-state index contributed by atoms with van der Waals surface area (Å²) >= 11 is 5.96. The van der Waals surface area contributed by atoms with E-state index >= 15 is 0 Å². The van der Waals surface area contributed by atoms with Crippen LogP contribution >= 0.6 is 11.6 Å². The molecule has 0 aliphatic carbocycles. The molecule has 2 unspecified atom stereocenters. The third kappa shape index (κ3) is 3.60. The average molecular weight is 296 g/mol. The Bertz CT molecular complexity index is 464. The molecule has 1 saturated heterocycles. The first-order valence-electron chi connectivity index (χ1n) is 7.30. The van der Waals surface area contributed by atoms with E-state index in [1.807, 2.05) is 19.1 Å². The Balaban J connectivity index is 2.06. The minimum atomic E-state index is -0.125. The predicted octanol–water partition coefficient (Wildman–Crippen LogP) is 3.15. The fraction of sp³-hybridized carbons (Fsp3) is 0.562. The second kappa shape index (κ2) is 7.21. The number of aliphatic hydroxyl groups excluding tert-OH is 1. The van der Waals surface area contributed by atoms with E-state index in [2.05, 4.69) is 4.90 Å². The topological polar surface area (TPSA) is 40.5 Å². The first-order valence-corrected chi connectivity index (χ1v) is 7.67. The number of hydrogen-bond acceptors (Lipinski definition) is 3. The highest BCUT2D eigenvalue weighted by Gasteiger charge is 2.31. The van der Waals surface area contributed by atoms with Crippen LogP contribution in [0.4, 0.5) is 0 Å². The maximum Gasteiger partial charge on any atom is 0.179 e. The molecule has 2 rings (SSSR count). The summed E-state index contributed by atoms with van der Waals surface area (Å²) in [7, 11) is 0. The Morgan fingerprint density at radius 2 is 2.35 bits per heavy atom. The normalized spacial score (nSPS) is 21.1. The quantitative estimate of drug-likeness (QED) is 0.820. The number of likely N-dealkylation sites (tertiary alicyclic amines) is 1. The van der Waals surface area contributed by atoms with Crippen LogP contribution in [0.2, 0.25) is 5.02 Å². The van der Waals surface area contributed by atoms with Gasteiger partial charge in [0.1, 0.15) is 0 Å². The number of Topliss-reactive ketones (excluding diaryl/α,β-unsaturated/α-hetero) is 1. The van der Waals surface area contributed by atoms with Crippen LogP contribution in [-0.4, -0.2) is 41.0 Å². The number of nitrogens with zero attached hydrogens (tertiary/aromatic N) is 1. The van der Waals surface area contributed by atoms with Crippen molar-refractivity contribution in [3.63, 3.8) is 0 Å². The van der Waals surface area contributed by atoms with Crippen LogP contribution in [0.1, 0.15) is 43.0 Å². The zero-order valence-electron chi connectivity index (χ0n) is 11.9. The molecule has 1 aliphatic rings. The molecule has 1 aromatic rings. The second-order valence-corrected chi connectivity index (χ2v) is 5.89. The molecule has 20 heavy (non-hydrogen) atoms. The number of aliphatic hydroxyl groups is 1. The van der Waals surface area contributed by atoms with Gasteiger partial charge in [-0.1, -0.05) is 23.7 Å². The van der Waals surface area contributed by atoms with Gasteiger partial charge in [-0.2, -0.15) is 0 Å². The van der Waals surface area contributed by atoms with Gasteiger partial charge in [0.25, 0.3) is 0 Å². The van der Waals surface area contributed by atoms with Gasteiger partial charge in [-0.25, -0.2) is 0 Å². The Kier molecular flexibility index (Phi) is 5.58. The highest BCUT2D eigenvalue weighted by atomic mass is 35.5. The van der Waals surface area contributed by atoms with Crippen LogP contribution in [-0.2, 0) is 0 Å². The smallest absolute Gasteiger partial charge is 0.179 e. The number of carbonyl (C=O) groups excluding carboxylic acids is 1. The van der Waals surface area contributed by atoms with Crippen molar-refractivity contribution in [2.24, 2.45) is 0 Å². The number of rotatable bonds is 6. The first kappa shape index (κ1) is 15.5. The monoisotopic (exact) mass is 295 g/mol. The van der Waals surface area contributed by atoms with E-state index in [1.54, 1.807) is 12.1 Å². The highest BCUT2D eigenvalue weighted by Crippen LogP contribution is 2.25. The highest BCUT2D eigenvalue weighted by molar-refractivity contribution is 6.31. The van der Waals surface area contributed by atoms with Crippen molar-refractivity contribution in [1.29, 1.82) is 0 Å². The Morgan fingerprint density at radius 3 is 3.05 bits per heavy atom. The van der Waals surface area contributed by atoms with Gasteiger partial charge in [0.2, 0.25) is 0 Å². The predicted molar refractivity (Wildman–Crippen MR) is 81.3 cm³/mol. The zero-order chi connectivity index (χ0) is 14.5. The van der Waals surface area contributed by atoms with E-state index in [0.717, 1.165) is 32.2 Å². The summed E-state index contributed by atoms with van der Waals surface area (Å²) in [6.45, 7) is 3.16. The molecule has 110 valence electrons. The van der Waals surface area contributed by atoms with E-state index < -0.39 is 0 Å². The molecule has 0 spiro atoms. The molecule has 1 aliphatic heterocycles. The fourth-order valence-electron chi connectivity index (χ4n) is 3.04. The van der Waals surface area contributed by atoms with Crippen molar-refractivity contribution < 1.29 is 9.90 Å². The molecule has 1 aromatic carbocycles. The van der Waals surface area contributed by atoms with Crippen LogP contribution in [0.3, 0.4) is 0 Å². The van der Waals surface area contributed by atoms with Gasteiger partial charge in [0.15, 0.2) is 5.78 Å². The van der Waals surface area contributed by atoms with Gasteiger partial charge in [0.05, 0.1) is 6.04 Å². The molecule has 3 nitrogen and oxygen atoms in total. The SMILES string of the molecule is CC(C(=O)c1cccc(Cl)c1)N1CCCC1CCCO. The van der Waals surface area contributed by atoms with Crippen molar-refractivity contribution >= 4 is 17.4 Å². The van der Waals surface area contributed by atoms with E-state index in [-0.39, 0.29) is 18.4 Å². The van der Waals surface area contributed by atoms with Crippen LogP contribution in [0.15, 0.2) is 24.3 Å². The summed E-state index contributed by atoms with van der Waals surface area (Å²) < 4.78 is 0. The molecule has 0 bridgehead atoms. The number of ketones is 1. The van der Waals surface area contributed by atoms with E-state index in [4.69, 9.17) is 16.7 Å². The zero-order valence-corrected chi connectivity index (χ0v) is 12.6. The fourth-order valence-corrected chi connectivity index (χ4v) is 3.23. The molecule has 2 atom stereocenters. The summed E-state index contributed by atoms with van der Waals surface area (Å²) in [6.07, 6.45) is 4.01. The maximum atomic E-state index is 12.6. The number of carbonyl (C=O) groups is 1. The molecule has 0 radical (unpaired) electrons. The van der Waals surface area contributed by atoms with Crippen molar-refractivity contribution in [2.45, 2.75) is 44.7 Å². The molecule has 4 heteroatoms. The van der Waals surface area contributed by atoms with E-state index in [9.17, 15) is 4.79 Å². The minimum Gasteiger partial charge on any atom is -0.396 e. The van der Waals surface area contributed by atoms with Crippen molar-refractivity contribution in [1.82, 2.24) is 4.90 Å². The Morgan fingerprint density at radius 1 is 1.55 bits per heavy atom. The summed E-state index contributed by atoms with van der Waals surface area (Å²) in [5, 5.41) is 9.57. The third-order valence-electron chi connectivity index (χ3n) is 4.10. The third-order valence-corrected chi connectivity index (χ3v) is 4.34. The molecule has 0 aromatic heterocycles. The second-order valence-electron chi connectivity index (χ2n) is 5.45. The van der Waals surface area contributed by atoms with Gasteiger partial charge < -0.3 is 5.11 Å². The summed E-state index contributed by atoms with van der Waals surface area (Å²) in [5.74, 6) is 0.128. The van der Waals surface area contributed by atoms with Gasteiger partial charge in [0, 0.05) is 23.2 Å². The number of hydrogen-bond donors (Lipinski definition) is 1. The van der Waals surface area contributed by atoms with Gasteiger partial charge in [-0.15, -0.1) is 0 Å². The minimum absolute atomic E-state index is 0.125. The van der Waals surface area contributed by atoms with Crippen molar-refractivity contribution in [3.05, 3.63) is 34.9 Å². The Hall–Kier alpha value is -0.900. The molecule has 1 heterocycles. The lowest BCUT2D eigenvalue weighted by atomic mass is 10.0. The van der Waals surface area contributed by atoms with E-state index in [1.165, 1.54) is 0 Å². The maximum absolute atomic E-state index is 12.6. The summed E-state index contributed by atoms with van der Waals surface area (Å²) in [5.41, 5.74) is 0.679. The molecular formula is C16H22ClNO2. The van der Waals surface area contributed by atoms with Gasteiger partial charge >= 0.3 is 0 Å². The number of benzene rings is 1. The van der Waals surface area contributed by atoms with Crippen molar-refractivity contribution in [3.8, 4) is 0 Å². The molecular weight excluding hydrogens is 274 g/mol. The molecule has 1 fully saturated rings. The summed E-state index contributed by atoms with van der Waals surface area (Å²) in [4.78, 5) is 14.8. The molecule has 0 saturated carbocycles. The van der Waals surface area contributed by atoms with Crippen LogP contribution in [0.5, 0.6) is 0 Å². The van der Waals surface area contributed by atoms with Crippen LogP contribution < -0.4 is 0 Å². The lowest BCUT2D eigenvalue weighted by molar-refractivity contribution is 0.0809. The van der Waals surface area contributed by atoms with Gasteiger partial charge in [-0.3, -0.25) is 9.69 Å². The molecule has 0 amide bonds. The van der Waals surface area contributed by atoms with Crippen LogP contribution in [0, 0.1) is 0 Å². The van der Waals surface area contributed by atoms with Gasteiger partial charge in [-0.05, 0) is 51.3 Å². The Labute approximate surface area is 125 Å². The van der Waals surface area contributed by atoms with Crippen LogP contribution in [0.25, 0.3) is 0 Å². The van der Waals surface area contributed by atoms with Crippen molar-refractivity contribution in [2.75, 3.05) is 13.2 Å². The molecule has 1 N–H and O–H groups in total. The summed E-state index contributed by atoms with van der Waals surface area (Å²) in [6, 6.07) is 7.45. The lowest BCUT2D eigenvalue weighted by Gasteiger charge is -2.29. The number of halogens is 1. The average Bonchev–Trinajstić information content (AvgIpc) is 2.91.